The second-order valence-electron chi connectivity index (χ2n) is 4.37. The number of H-pyrrole nitrogens is 1. The summed E-state index contributed by atoms with van der Waals surface area (Å²) in [6, 6.07) is 7.16. The molecule has 0 amide bonds. The Morgan fingerprint density at radius 1 is 1.42 bits per heavy atom. The van der Waals surface area contributed by atoms with Crippen molar-refractivity contribution in [3.05, 3.63) is 41.7 Å². The lowest BCUT2D eigenvalue weighted by molar-refractivity contribution is 0.466. The van der Waals surface area contributed by atoms with Crippen molar-refractivity contribution in [1.29, 1.82) is 0 Å². The lowest BCUT2D eigenvalue weighted by Gasteiger charge is -2.16. The van der Waals surface area contributed by atoms with E-state index in [1.54, 1.807) is 25.1 Å². The van der Waals surface area contributed by atoms with E-state index in [2.05, 4.69) is 10.2 Å². The second-order valence-corrected chi connectivity index (χ2v) is 6.38. The minimum Gasteiger partial charge on any atom is -0.399 e. The molecular formula is C12H16N4O2S. The molecule has 0 spiro atoms. The summed E-state index contributed by atoms with van der Waals surface area (Å²) < 4.78 is 26.0. The Hall–Kier alpha value is -1.86. The number of anilines is 1. The third kappa shape index (κ3) is 2.77. The minimum absolute atomic E-state index is 0.193. The number of aromatic nitrogens is 2. The highest BCUT2D eigenvalue weighted by atomic mass is 32.2. The molecule has 3 N–H and O–H groups in total. The third-order valence-electron chi connectivity index (χ3n) is 2.83. The van der Waals surface area contributed by atoms with Gasteiger partial charge < -0.3 is 5.73 Å². The van der Waals surface area contributed by atoms with Crippen LogP contribution in [-0.4, -0.2) is 30.0 Å². The topological polar surface area (TPSA) is 92.1 Å². The Labute approximate surface area is 112 Å². The standard InChI is InChI=1S/C12H16N4O2S/c1-9-12(7-14-15-9)19(17,18)16(2)8-10-4-3-5-11(13)6-10/h3-7H,8,13H2,1-2H3,(H,14,15). The van der Waals surface area contributed by atoms with Crippen LogP contribution in [0.5, 0.6) is 0 Å². The molecule has 0 bridgehead atoms. The molecule has 1 aromatic heterocycles. The average molecular weight is 280 g/mol. The molecule has 6 nitrogen and oxygen atoms in total. The number of nitrogens with zero attached hydrogens (tertiary/aromatic N) is 2. The van der Waals surface area contributed by atoms with E-state index in [0.717, 1.165) is 5.56 Å². The molecule has 7 heteroatoms. The van der Waals surface area contributed by atoms with Gasteiger partial charge in [0.05, 0.1) is 11.9 Å². The highest BCUT2D eigenvalue weighted by Gasteiger charge is 2.24. The van der Waals surface area contributed by atoms with Gasteiger partial charge in [-0.25, -0.2) is 8.42 Å². The first-order chi connectivity index (χ1) is 8.91. The molecule has 0 atom stereocenters. The van der Waals surface area contributed by atoms with Crippen LogP contribution in [0.15, 0.2) is 35.4 Å². The quantitative estimate of drug-likeness (QED) is 0.821. The van der Waals surface area contributed by atoms with Crippen LogP contribution in [0.3, 0.4) is 0 Å². The molecule has 0 fully saturated rings. The van der Waals surface area contributed by atoms with Crippen LogP contribution < -0.4 is 5.73 Å². The second kappa shape index (κ2) is 5.02. The fourth-order valence-corrected chi connectivity index (χ4v) is 3.07. The van der Waals surface area contributed by atoms with Gasteiger partial charge in [0.15, 0.2) is 0 Å². The van der Waals surface area contributed by atoms with Gasteiger partial charge in [0.25, 0.3) is 0 Å². The lowest BCUT2D eigenvalue weighted by Crippen LogP contribution is -2.26. The number of hydrogen-bond acceptors (Lipinski definition) is 4. The maximum absolute atomic E-state index is 12.3. The van der Waals surface area contributed by atoms with Crippen LogP contribution >= 0.6 is 0 Å². The van der Waals surface area contributed by atoms with E-state index >= 15 is 0 Å². The van der Waals surface area contributed by atoms with Crippen LogP contribution in [0.4, 0.5) is 5.69 Å². The summed E-state index contributed by atoms with van der Waals surface area (Å²) in [5, 5.41) is 6.37. The van der Waals surface area contributed by atoms with Gasteiger partial charge in [-0.1, -0.05) is 12.1 Å². The molecular weight excluding hydrogens is 264 g/mol. The fourth-order valence-electron chi connectivity index (χ4n) is 1.80. The summed E-state index contributed by atoms with van der Waals surface area (Å²) in [4.78, 5) is 0.193. The average Bonchev–Trinajstić information content (AvgIpc) is 2.76. The molecule has 0 aliphatic rings. The van der Waals surface area contributed by atoms with Gasteiger partial charge in [-0.15, -0.1) is 0 Å². The zero-order valence-corrected chi connectivity index (χ0v) is 11.6. The first-order valence-corrected chi connectivity index (χ1v) is 7.16. The van der Waals surface area contributed by atoms with Crippen molar-refractivity contribution in [2.24, 2.45) is 0 Å². The first kappa shape index (κ1) is 13.6. The van der Waals surface area contributed by atoms with Crippen molar-refractivity contribution in [3.8, 4) is 0 Å². The fraction of sp³-hybridized carbons (Fsp3) is 0.250. The van der Waals surface area contributed by atoms with Crippen molar-refractivity contribution >= 4 is 15.7 Å². The predicted octanol–water partition coefficient (Wildman–Crippen LogP) is 1.12. The number of hydrogen-bond donors (Lipinski definition) is 2. The van der Waals surface area contributed by atoms with Crippen molar-refractivity contribution in [2.45, 2.75) is 18.4 Å². The molecule has 1 heterocycles. The molecule has 1 aromatic carbocycles. The van der Waals surface area contributed by atoms with Gasteiger partial charge in [-0.3, -0.25) is 5.10 Å². The van der Waals surface area contributed by atoms with E-state index in [4.69, 9.17) is 5.73 Å². The van der Waals surface area contributed by atoms with Gasteiger partial charge in [0, 0.05) is 19.3 Å². The number of rotatable bonds is 4. The molecule has 0 saturated carbocycles. The number of nitrogens with one attached hydrogen (secondary N) is 1. The number of aryl methyl sites for hydroxylation is 1. The Balaban J connectivity index is 2.25. The van der Waals surface area contributed by atoms with E-state index in [1.807, 2.05) is 6.07 Å². The van der Waals surface area contributed by atoms with E-state index < -0.39 is 10.0 Å². The van der Waals surface area contributed by atoms with Gasteiger partial charge in [0.1, 0.15) is 4.90 Å². The van der Waals surface area contributed by atoms with Crippen molar-refractivity contribution in [2.75, 3.05) is 12.8 Å². The number of sulfonamides is 1. The normalized spacial score (nSPS) is 11.9. The maximum Gasteiger partial charge on any atom is 0.246 e. The smallest absolute Gasteiger partial charge is 0.246 e. The van der Waals surface area contributed by atoms with E-state index in [-0.39, 0.29) is 11.4 Å². The minimum atomic E-state index is -3.54. The zero-order valence-electron chi connectivity index (χ0n) is 10.8. The van der Waals surface area contributed by atoms with Crippen LogP contribution in [0.1, 0.15) is 11.3 Å². The van der Waals surface area contributed by atoms with Crippen LogP contribution in [-0.2, 0) is 16.6 Å². The van der Waals surface area contributed by atoms with Gasteiger partial charge >= 0.3 is 0 Å². The SMILES string of the molecule is Cc1[nH]ncc1S(=O)(=O)N(C)Cc1cccc(N)c1. The monoisotopic (exact) mass is 280 g/mol. The lowest BCUT2D eigenvalue weighted by atomic mass is 10.2. The van der Waals surface area contributed by atoms with Crippen molar-refractivity contribution in [1.82, 2.24) is 14.5 Å². The van der Waals surface area contributed by atoms with Crippen molar-refractivity contribution in [3.63, 3.8) is 0 Å². The van der Waals surface area contributed by atoms with Gasteiger partial charge in [0.2, 0.25) is 10.0 Å². The number of nitrogen functional groups attached to an aromatic ring is 1. The summed E-state index contributed by atoms with van der Waals surface area (Å²) in [7, 11) is -2.01. The van der Waals surface area contributed by atoms with Crippen LogP contribution in [0.25, 0.3) is 0 Å². The molecule has 19 heavy (non-hydrogen) atoms. The molecule has 0 saturated heterocycles. The van der Waals surface area contributed by atoms with E-state index in [1.165, 1.54) is 17.5 Å². The first-order valence-electron chi connectivity index (χ1n) is 5.72. The predicted molar refractivity (Wildman–Crippen MR) is 72.8 cm³/mol. The highest BCUT2D eigenvalue weighted by molar-refractivity contribution is 7.89. The van der Waals surface area contributed by atoms with Crippen LogP contribution in [0.2, 0.25) is 0 Å². The van der Waals surface area contributed by atoms with Crippen molar-refractivity contribution < 1.29 is 8.42 Å². The number of benzene rings is 1. The van der Waals surface area contributed by atoms with E-state index in [9.17, 15) is 8.42 Å². The molecule has 0 unspecified atom stereocenters. The Morgan fingerprint density at radius 2 is 2.16 bits per heavy atom. The Morgan fingerprint density at radius 3 is 2.74 bits per heavy atom. The van der Waals surface area contributed by atoms with Gasteiger partial charge in [-0.05, 0) is 24.6 Å². The van der Waals surface area contributed by atoms with E-state index in [0.29, 0.717) is 11.4 Å². The van der Waals surface area contributed by atoms with Gasteiger partial charge in [-0.2, -0.15) is 9.40 Å². The summed E-state index contributed by atoms with van der Waals surface area (Å²) in [5.41, 5.74) is 7.66. The molecule has 0 aliphatic carbocycles. The maximum atomic E-state index is 12.3. The number of nitrogens with two attached hydrogens (primary N) is 1. The summed E-state index contributed by atoms with van der Waals surface area (Å²) in [5.74, 6) is 0. The summed E-state index contributed by atoms with van der Waals surface area (Å²) >= 11 is 0. The zero-order chi connectivity index (χ0) is 14.0. The molecule has 0 radical (unpaired) electrons. The summed E-state index contributed by atoms with van der Waals surface area (Å²) in [6.45, 7) is 1.94. The largest absolute Gasteiger partial charge is 0.399 e. The number of aromatic amines is 1. The van der Waals surface area contributed by atoms with Crippen LogP contribution in [0, 0.1) is 6.92 Å². The molecule has 2 aromatic rings. The Kier molecular flexibility index (Phi) is 3.59. The molecule has 2 rings (SSSR count). The highest BCUT2D eigenvalue weighted by Crippen LogP contribution is 2.19. The Bertz CT molecular complexity index is 679. The summed E-state index contributed by atoms with van der Waals surface area (Å²) in [6.07, 6.45) is 1.32. The third-order valence-corrected chi connectivity index (χ3v) is 4.75. The molecule has 102 valence electrons. The molecule has 0 aliphatic heterocycles.